The first kappa shape index (κ1) is 16.1. The summed E-state index contributed by atoms with van der Waals surface area (Å²) in [5.74, 6) is 0. The number of aryl methyl sites for hydroxylation is 1. The highest BCUT2D eigenvalue weighted by molar-refractivity contribution is 8.02. The van der Waals surface area contributed by atoms with E-state index in [-0.39, 0.29) is 0 Å². The van der Waals surface area contributed by atoms with E-state index in [1.165, 1.54) is 23.3 Å². The Morgan fingerprint density at radius 3 is 2.70 bits per heavy atom. The molecule has 0 spiro atoms. The molecule has 2 heterocycles. The number of halogens is 1. The van der Waals surface area contributed by atoms with Gasteiger partial charge in [0.25, 0.3) is 0 Å². The van der Waals surface area contributed by atoms with E-state index in [1.807, 2.05) is 32.2 Å². The number of thiazole rings is 1. The maximum atomic E-state index is 10.4. The molecule has 0 aliphatic rings. The van der Waals surface area contributed by atoms with Crippen molar-refractivity contribution in [1.29, 1.82) is 0 Å². The molecule has 20 heavy (non-hydrogen) atoms. The van der Waals surface area contributed by atoms with Gasteiger partial charge >= 0.3 is 0 Å². The van der Waals surface area contributed by atoms with Crippen molar-refractivity contribution in [2.24, 2.45) is 0 Å². The number of hydrogen-bond donors (Lipinski definition) is 2. The van der Waals surface area contributed by atoms with Gasteiger partial charge in [-0.05, 0) is 37.8 Å². The molecule has 3 nitrogen and oxygen atoms in total. The van der Waals surface area contributed by atoms with Crippen molar-refractivity contribution in [2.45, 2.75) is 43.4 Å². The lowest BCUT2D eigenvalue weighted by atomic mass is 9.94. The van der Waals surface area contributed by atoms with Crippen LogP contribution in [0.1, 0.15) is 37.3 Å². The van der Waals surface area contributed by atoms with E-state index in [2.05, 4.69) is 9.71 Å². The summed E-state index contributed by atoms with van der Waals surface area (Å²) in [6, 6.07) is 1.95. The zero-order valence-electron chi connectivity index (χ0n) is 11.6. The Morgan fingerprint density at radius 2 is 2.15 bits per heavy atom. The highest BCUT2D eigenvalue weighted by Crippen LogP contribution is 2.36. The van der Waals surface area contributed by atoms with E-state index >= 15 is 0 Å². The second-order valence-corrected chi connectivity index (χ2v) is 8.08. The first-order valence-corrected chi connectivity index (χ1v) is 9.24. The smallest absolute Gasteiger partial charge is 0.193 e. The van der Waals surface area contributed by atoms with Crippen LogP contribution in [0.3, 0.4) is 0 Å². The summed E-state index contributed by atoms with van der Waals surface area (Å²) in [5.41, 5.74) is -0.0693. The lowest BCUT2D eigenvalue weighted by Crippen LogP contribution is -2.23. The number of nitrogens with one attached hydrogen (secondary N) is 1. The van der Waals surface area contributed by atoms with E-state index in [0.717, 1.165) is 24.9 Å². The Morgan fingerprint density at radius 1 is 1.45 bits per heavy atom. The van der Waals surface area contributed by atoms with Crippen molar-refractivity contribution in [1.82, 2.24) is 4.98 Å². The molecule has 0 aliphatic heterocycles. The monoisotopic (exact) mass is 348 g/mol. The summed E-state index contributed by atoms with van der Waals surface area (Å²) in [6.07, 6.45) is 1.33. The number of thiophene rings is 1. The summed E-state index contributed by atoms with van der Waals surface area (Å²) in [6.45, 7) is 5.95. The SMILES string of the molecule is CCC(O)(CC)c1csc(NSc2cc(Cl)c(C)s2)n1. The highest BCUT2D eigenvalue weighted by atomic mass is 35.5. The standard InChI is InChI=1S/C13H17ClN2OS3/c1-4-13(17,5-2)10-7-18-12(15-10)16-20-11-6-9(14)8(3)19-11/h6-7,17H,4-5H2,1-3H3,(H,15,16). The average molecular weight is 349 g/mol. The summed E-state index contributed by atoms with van der Waals surface area (Å²) in [4.78, 5) is 5.59. The van der Waals surface area contributed by atoms with Crippen LogP contribution in [0.25, 0.3) is 0 Å². The minimum Gasteiger partial charge on any atom is -0.384 e. The molecule has 0 amide bonds. The third kappa shape index (κ3) is 3.49. The summed E-state index contributed by atoms with van der Waals surface area (Å²) in [7, 11) is 0. The van der Waals surface area contributed by atoms with Gasteiger partial charge in [0.1, 0.15) is 5.60 Å². The van der Waals surface area contributed by atoms with E-state index in [4.69, 9.17) is 11.6 Å². The molecule has 7 heteroatoms. The topological polar surface area (TPSA) is 45.1 Å². The van der Waals surface area contributed by atoms with E-state index in [9.17, 15) is 5.11 Å². The van der Waals surface area contributed by atoms with Crippen LogP contribution < -0.4 is 4.72 Å². The van der Waals surface area contributed by atoms with Crippen molar-refractivity contribution in [3.05, 3.63) is 27.0 Å². The molecule has 0 aromatic carbocycles. The second-order valence-electron chi connectivity index (χ2n) is 4.45. The van der Waals surface area contributed by atoms with Crippen molar-refractivity contribution in [3.63, 3.8) is 0 Å². The van der Waals surface area contributed by atoms with E-state index in [1.54, 1.807) is 11.3 Å². The van der Waals surface area contributed by atoms with Gasteiger partial charge in [-0.2, -0.15) is 0 Å². The first-order chi connectivity index (χ1) is 9.48. The molecule has 2 aromatic heterocycles. The quantitative estimate of drug-likeness (QED) is 0.696. The Labute approximate surface area is 136 Å². The average Bonchev–Trinajstić information content (AvgIpc) is 3.04. The number of rotatable bonds is 6. The van der Waals surface area contributed by atoms with Gasteiger partial charge < -0.3 is 9.83 Å². The molecule has 0 fully saturated rings. The molecule has 2 aromatic rings. The molecule has 0 saturated heterocycles. The highest BCUT2D eigenvalue weighted by Gasteiger charge is 2.27. The Bertz CT molecular complexity index is 558. The Balaban J connectivity index is 2.03. The molecule has 110 valence electrons. The molecule has 0 bridgehead atoms. The minimum absolute atomic E-state index is 0.666. The summed E-state index contributed by atoms with van der Waals surface area (Å²) >= 11 is 10.7. The van der Waals surface area contributed by atoms with Crippen LogP contribution in [0.2, 0.25) is 5.02 Å². The van der Waals surface area contributed by atoms with Crippen LogP contribution in [0.4, 0.5) is 5.13 Å². The van der Waals surface area contributed by atoms with Crippen LogP contribution in [-0.4, -0.2) is 10.1 Å². The normalized spacial score (nSPS) is 11.8. The molecule has 0 saturated carbocycles. The minimum atomic E-state index is -0.816. The van der Waals surface area contributed by atoms with Crippen LogP contribution in [0.5, 0.6) is 0 Å². The number of hydrogen-bond acceptors (Lipinski definition) is 6. The molecule has 0 aliphatic carbocycles. The lowest BCUT2D eigenvalue weighted by molar-refractivity contribution is 0.0247. The molecule has 0 unspecified atom stereocenters. The lowest BCUT2D eigenvalue weighted by Gasteiger charge is -2.22. The molecule has 0 atom stereocenters. The number of aromatic nitrogens is 1. The predicted molar refractivity (Wildman–Crippen MR) is 90.1 cm³/mol. The Hall–Kier alpha value is -0.270. The predicted octanol–water partition coefficient (Wildman–Crippen LogP) is 5.29. The van der Waals surface area contributed by atoms with Crippen molar-refractivity contribution >= 4 is 51.4 Å². The number of anilines is 1. The van der Waals surface area contributed by atoms with Crippen LogP contribution >= 0.6 is 46.2 Å². The van der Waals surface area contributed by atoms with E-state index < -0.39 is 5.60 Å². The fourth-order valence-electron chi connectivity index (χ4n) is 1.73. The third-order valence-corrected chi connectivity index (χ3v) is 6.58. The van der Waals surface area contributed by atoms with Gasteiger partial charge in [0, 0.05) is 10.3 Å². The molecular weight excluding hydrogens is 332 g/mol. The largest absolute Gasteiger partial charge is 0.384 e. The van der Waals surface area contributed by atoms with Crippen LogP contribution in [0.15, 0.2) is 15.7 Å². The second kappa shape index (κ2) is 6.66. The summed E-state index contributed by atoms with van der Waals surface area (Å²) < 4.78 is 4.31. The first-order valence-electron chi connectivity index (χ1n) is 6.35. The van der Waals surface area contributed by atoms with Gasteiger partial charge in [0.2, 0.25) is 0 Å². The van der Waals surface area contributed by atoms with Crippen LogP contribution in [-0.2, 0) is 5.60 Å². The van der Waals surface area contributed by atoms with Crippen molar-refractivity contribution in [2.75, 3.05) is 4.72 Å². The number of nitrogens with zero attached hydrogens (tertiary/aromatic N) is 1. The van der Waals surface area contributed by atoms with Crippen LogP contribution in [0, 0.1) is 6.92 Å². The fraction of sp³-hybridized carbons (Fsp3) is 0.462. The van der Waals surface area contributed by atoms with Gasteiger partial charge in [-0.25, -0.2) is 4.98 Å². The molecular formula is C13H17ClN2OS3. The van der Waals surface area contributed by atoms with Gasteiger partial charge in [-0.1, -0.05) is 25.4 Å². The Kier molecular flexibility index (Phi) is 5.36. The maximum absolute atomic E-state index is 10.4. The molecule has 2 N–H and O–H groups in total. The van der Waals surface area contributed by atoms with Crippen molar-refractivity contribution < 1.29 is 5.11 Å². The zero-order chi connectivity index (χ0) is 14.8. The molecule has 2 rings (SSSR count). The van der Waals surface area contributed by atoms with Gasteiger partial charge in [-0.15, -0.1) is 22.7 Å². The third-order valence-electron chi connectivity index (χ3n) is 3.22. The van der Waals surface area contributed by atoms with E-state index in [0.29, 0.717) is 12.8 Å². The molecule has 0 radical (unpaired) electrons. The van der Waals surface area contributed by atoms with Crippen molar-refractivity contribution in [3.8, 4) is 0 Å². The van der Waals surface area contributed by atoms with Gasteiger partial charge in [-0.3, -0.25) is 0 Å². The maximum Gasteiger partial charge on any atom is 0.193 e. The van der Waals surface area contributed by atoms with Gasteiger partial charge in [0.15, 0.2) is 5.13 Å². The summed E-state index contributed by atoms with van der Waals surface area (Å²) in [5, 5.41) is 13.9. The fourth-order valence-corrected chi connectivity index (χ4v) is 4.76. The number of aliphatic hydroxyl groups is 1. The zero-order valence-corrected chi connectivity index (χ0v) is 14.8. The van der Waals surface area contributed by atoms with Gasteiger partial charge in [0.05, 0.1) is 14.9 Å².